The Hall–Kier alpha value is -0.140. The maximum absolute atomic E-state index is 6.27. The number of benzene rings is 2. The summed E-state index contributed by atoms with van der Waals surface area (Å²) in [5, 5.41) is 0.711. The summed E-state index contributed by atoms with van der Waals surface area (Å²) in [4.78, 5) is 0. The van der Waals surface area contributed by atoms with Crippen molar-refractivity contribution in [3.8, 4) is 0 Å². The van der Waals surface area contributed by atoms with E-state index in [0.717, 1.165) is 16.5 Å². The van der Waals surface area contributed by atoms with Gasteiger partial charge in [-0.25, -0.2) is 0 Å². The molecule has 0 saturated heterocycles. The molecule has 5 heteroatoms. The standard InChI is InChI=1S/C14H13BrClIN2/c15-10-3-6-12(13(16)8-10)14(19-18)7-9-1-4-11(17)5-2-9/h1-6,8,14,19H,7,18H2. The number of nitrogens with one attached hydrogen (secondary N) is 1. The van der Waals surface area contributed by atoms with E-state index in [0.29, 0.717) is 5.02 Å². The highest BCUT2D eigenvalue weighted by atomic mass is 127. The molecule has 0 aliphatic rings. The number of rotatable bonds is 4. The Kier molecular flexibility index (Phi) is 5.65. The Bertz CT molecular complexity index is 560. The van der Waals surface area contributed by atoms with Crippen LogP contribution in [0.4, 0.5) is 0 Å². The molecular formula is C14H13BrClIN2. The summed E-state index contributed by atoms with van der Waals surface area (Å²) in [6.45, 7) is 0. The smallest absolute Gasteiger partial charge is 0.0515 e. The number of hydrogen-bond donors (Lipinski definition) is 2. The lowest BCUT2D eigenvalue weighted by atomic mass is 9.99. The van der Waals surface area contributed by atoms with Crippen LogP contribution in [0, 0.1) is 3.57 Å². The highest BCUT2D eigenvalue weighted by Gasteiger charge is 2.14. The van der Waals surface area contributed by atoms with Gasteiger partial charge in [0.15, 0.2) is 0 Å². The van der Waals surface area contributed by atoms with Crippen molar-refractivity contribution in [1.29, 1.82) is 0 Å². The van der Waals surface area contributed by atoms with Gasteiger partial charge in [0.2, 0.25) is 0 Å². The first-order valence-corrected chi connectivity index (χ1v) is 8.00. The van der Waals surface area contributed by atoms with E-state index in [1.54, 1.807) is 0 Å². The molecule has 2 aromatic carbocycles. The summed E-state index contributed by atoms with van der Waals surface area (Å²) in [5.41, 5.74) is 5.07. The van der Waals surface area contributed by atoms with Gasteiger partial charge in [0.25, 0.3) is 0 Å². The van der Waals surface area contributed by atoms with Gasteiger partial charge in [-0.3, -0.25) is 11.3 Å². The van der Waals surface area contributed by atoms with Gasteiger partial charge in [0, 0.05) is 13.1 Å². The average molecular weight is 452 g/mol. The van der Waals surface area contributed by atoms with Crippen molar-refractivity contribution in [2.45, 2.75) is 12.5 Å². The van der Waals surface area contributed by atoms with Crippen LogP contribution in [-0.2, 0) is 6.42 Å². The van der Waals surface area contributed by atoms with E-state index in [1.807, 2.05) is 18.2 Å². The molecule has 2 aromatic rings. The van der Waals surface area contributed by atoms with Crippen LogP contribution in [0.5, 0.6) is 0 Å². The minimum Gasteiger partial charge on any atom is -0.271 e. The summed E-state index contributed by atoms with van der Waals surface area (Å²) in [5.74, 6) is 5.67. The SMILES string of the molecule is NNC(Cc1ccc(I)cc1)c1ccc(Br)cc1Cl. The fourth-order valence-electron chi connectivity index (χ4n) is 1.90. The minimum absolute atomic E-state index is 0.000612. The van der Waals surface area contributed by atoms with Crippen LogP contribution in [-0.4, -0.2) is 0 Å². The second kappa shape index (κ2) is 7.04. The molecule has 0 spiro atoms. The van der Waals surface area contributed by atoms with Gasteiger partial charge in [-0.2, -0.15) is 0 Å². The molecule has 2 nitrogen and oxygen atoms in total. The van der Waals surface area contributed by atoms with Gasteiger partial charge in [0.05, 0.1) is 6.04 Å². The Morgan fingerprint density at radius 3 is 2.47 bits per heavy atom. The second-order valence-corrected chi connectivity index (χ2v) is 6.78. The molecule has 0 aliphatic heterocycles. The Labute approximate surface area is 140 Å². The minimum atomic E-state index is 0.000612. The molecule has 0 heterocycles. The van der Waals surface area contributed by atoms with Crippen molar-refractivity contribution in [2.75, 3.05) is 0 Å². The predicted molar refractivity (Wildman–Crippen MR) is 92.1 cm³/mol. The average Bonchev–Trinajstić information content (AvgIpc) is 2.39. The van der Waals surface area contributed by atoms with Crippen molar-refractivity contribution in [3.05, 3.63) is 66.7 Å². The maximum Gasteiger partial charge on any atom is 0.0515 e. The Morgan fingerprint density at radius 2 is 1.89 bits per heavy atom. The lowest BCUT2D eigenvalue weighted by Gasteiger charge is -2.18. The lowest BCUT2D eigenvalue weighted by molar-refractivity contribution is 0.552. The molecule has 0 amide bonds. The second-order valence-electron chi connectivity index (χ2n) is 4.22. The third-order valence-corrected chi connectivity index (χ3v) is 4.43. The monoisotopic (exact) mass is 450 g/mol. The molecule has 1 atom stereocenters. The zero-order valence-electron chi connectivity index (χ0n) is 10.0. The first-order chi connectivity index (χ1) is 9.10. The molecule has 0 saturated carbocycles. The third-order valence-electron chi connectivity index (χ3n) is 2.89. The van der Waals surface area contributed by atoms with E-state index in [1.165, 1.54) is 9.13 Å². The number of hydrogen-bond acceptors (Lipinski definition) is 2. The van der Waals surface area contributed by atoms with Crippen molar-refractivity contribution in [2.24, 2.45) is 5.84 Å². The van der Waals surface area contributed by atoms with Crippen LogP contribution in [0.1, 0.15) is 17.2 Å². The Morgan fingerprint density at radius 1 is 1.21 bits per heavy atom. The van der Waals surface area contributed by atoms with Gasteiger partial charge in [-0.05, 0) is 64.4 Å². The topological polar surface area (TPSA) is 38.0 Å². The molecule has 1 unspecified atom stereocenters. The van der Waals surface area contributed by atoms with Crippen molar-refractivity contribution in [3.63, 3.8) is 0 Å². The normalized spacial score (nSPS) is 12.4. The highest BCUT2D eigenvalue weighted by Crippen LogP contribution is 2.28. The van der Waals surface area contributed by atoms with Crippen LogP contribution in [0.2, 0.25) is 5.02 Å². The van der Waals surface area contributed by atoms with E-state index in [4.69, 9.17) is 17.4 Å². The molecule has 0 bridgehead atoms. The Balaban J connectivity index is 2.22. The molecule has 0 fully saturated rings. The van der Waals surface area contributed by atoms with Crippen LogP contribution in [0.15, 0.2) is 46.9 Å². The van der Waals surface area contributed by atoms with E-state index in [2.05, 4.69) is 68.2 Å². The van der Waals surface area contributed by atoms with E-state index in [9.17, 15) is 0 Å². The van der Waals surface area contributed by atoms with Gasteiger partial charge >= 0.3 is 0 Å². The van der Waals surface area contributed by atoms with Crippen molar-refractivity contribution >= 4 is 50.1 Å². The largest absolute Gasteiger partial charge is 0.271 e. The van der Waals surface area contributed by atoms with Gasteiger partial charge in [-0.1, -0.05) is 45.7 Å². The third kappa shape index (κ3) is 4.16. The highest BCUT2D eigenvalue weighted by molar-refractivity contribution is 14.1. The summed E-state index contributed by atoms with van der Waals surface area (Å²) >= 11 is 12.0. The van der Waals surface area contributed by atoms with Crippen LogP contribution in [0.3, 0.4) is 0 Å². The summed E-state index contributed by atoms with van der Waals surface area (Å²) < 4.78 is 2.19. The molecule has 19 heavy (non-hydrogen) atoms. The quantitative estimate of drug-likeness (QED) is 0.409. The van der Waals surface area contributed by atoms with Crippen LogP contribution >= 0.6 is 50.1 Å². The molecule has 2 rings (SSSR count). The van der Waals surface area contributed by atoms with Gasteiger partial charge in [0.1, 0.15) is 0 Å². The van der Waals surface area contributed by atoms with E-state index >= 15 is 0 Å². The molecule has 100 valence electrons. The first kappa shape index (κ1) is 15.3. The van der Waals surface area contributed by atoms with Crippen molar-refractivity contribution in [1.82, 2.24) is 5.43 Å². The zero-order chi connectivity index (χ0) is 13.8. The predicted octanol–water partition coefficient (Wildman–Crippen LogP) is 4.45. The van der Waals surface area contributed by atoms with Crippen LogP contribution < -0.4 is 11.3 Å². The van der Waals surface area contributed by atoms with E-state index < -0.39 is 0 Å². The number of hydrazine groups is 1. The van der Waals surface area contributed by atoms with Crippen LogP contribution in [0.25, 0.3) is 0 Å². The summed E-state index contributed by atoms with van der Waals surface area (Å²) in [7, 11) is 0. The molecule has 0 aliphatic carbocycles. The van der Waals surface area contributed by atoms with Gasteiger partial charge in [-0.15, -0.1) is 0 Å². The zero-order valence-corrected chi connectivity index (χ0v) is 14.5. The summed E-state index contributed by atoms with van der Waals surface area (Å²) in [6.07, 6.45) is 0.800. The van der Waals surface area contributed by atoms with Gasteiger partial charge < -0.3 is 0 Å². The number of halogens is 3. The molecule has 3 N–H and O–H groups in total. The summed E-state index contributed by atoms with van der Waals surface area (Å²) in [6, 6.07) is 14.2. The molecule has 0 radical (unpaired) electrons. The fraction of sp³-hybridized carbons (Fsp3) is 0.143. The fourth-order valence-corrected chi connectivity index (χ4v) is 3.06. The number of nitrogens with two attached hydrogens (primary N) is 1. The molecule has 0 aromatic heterocycles. The lowest BCUT2D eigenvalue weighted by Crippen LogP contribution is -2.29. The van der Waals surface area contributed by atoms with E-state index in [-0.39, 0.29) is 6.04 Å². The van der Waals surface area contributed by atoms with Crippen molar-refractivity contribution < 1.29 is 0 Å². The first-order valence-electron chi connectivity index (χ1n) is 5.75. The molecular weight excluding hydrogens is 438 g/mol. The maximum atomic E-state index is 6.27.